The minimum atomic E-state index is -1.10. The molecule has 2 aromatic carbocycles. The number of hydrogen-bond acceptors (Lipinski definition) is 4. The fraction of sp³-hybridized carbons (Fsp3) is 0.263. The fourth-order valence-electron chi connectivity index (χ4n) is 2.69. The van der Waals surface area contributed by atoms with Crippen molar-refractivity contribution in [1.82, 2.24) is 5.32 Å². The van der Waals surface area contributed by atoms with Gasteiger partial charge in [0.2, 0.25) is 0 Å². The van der Waals surface area contributed by atoms with Gasteiger partial charge in [-0.25, -0.2) is 4.79 Å². The average molecular weight is 356 g/mol. The Morgan fingerprint density at radius 3 is 2.04 bits per heavy atom. The predicted molar refractivity (Wildman–Crippen MR) is 105 cm³/mol. The molecule has 0 atom stereocenters. The Morgan fingerprint density at radius 2 is 1.50 bits per heavy atom. The van der Waals surface area contributed by atoms with Crippen LogP contribution in [0.1, 0.15) is 0 Å². The van der Waals surface area contributed by atoms with Gasteiger partial charge in [-0.3, -0.25) is 9.69 Å². The van der Waals surface area contributed by atoms with Gasteiger partial charge < -0.3 is 20.2 Å². The molecule has 0 aliphatic rings. The van der Waals surface area contributed by atoms with E-state index < -0.39 is 18.5 Å². The summed E-state index contributed by atoms with van der Waals surface area (Å²) in [6.07, 6.45) is 0. The summed E-state index contributed by atoms with van der Waals surface area (Å²) in [6, 6.07) is 14.3. The summed E-state index contributed by atoms with van der Waals surface area (Å²) in [5.74, 6) is -1.10. The summed E-state index contributed by atoms with van der Waals surface area (Å²) in [5.41, 5.74) is 3.11. The van der Waals surface area contributed by atoms with Crippen LogP contribution in [0.2, 0.25) is 0 Å². The molecule has 7 heteroatoms. The highest BCUT2D eigenvalue weighted by Crippen LogP contribution is 2.40. The van der Waals surface area contributed by atoms with E-state index in [0.29, 0.717) is 11.4 Å². The molecule has 2 rings (SSSR count). The summed E-state index contributed by atoms with van der Waals surface area (Å²) in [6.45, 7) is -0.452. The van der Waals surface area contributed by atoms with E-state index in [9.17, 15) is 9.59 Å². The number of aliphatic carboxylic acids is 1. The van der Waals surface area contributed by atoms with Gasteiger partial charge in [-0.15, -0.1) is 0 Å². The van der Waals surface area contributed by atoms with Crippen molar-refractivity contribution in [3.63, 3.8) is 0 Å². The van der Waals surface area contributed by atoms with Crippen molar-refractivity contribution in [2.75, 3.05) is 49.4 Å². The lowest BCUT2D eigenvalue weighted by Crippen LogP contribution is -2.40. The van der Waals surface area contributed by atoms with Crippen molar-refractivity contribution in [3.05, 3.63) is 48.5 Å². The van der Waals surface area contributed by atoms with E-state index in [1.54, 1.807) is 0 Å². The topological polar surface area (TPSA) is 76.1 Å². The number of carbonyl (C=O) groups is 2. The molecule has 2 N–H and O–H groups in total. The van der Waals surface area contributed by atoms with Crippen LogP contribution in [-0.2, 0) is 4.79 Å². The van der Waals surface area contributed by atoms with Crippen LogP contribution >= 0.6 is 0 Å². The van der Waals surface area contributed by atoms with Gasteiger partial charge in [-0.05, 0) is 24.3 Å². The van der Waals surface area contributed by atoms with Gasteiger partial charge in [0.1, 0.15) is 6.54 Å². The first kappa shape index (κ1) is 19.1. The maximum atomic E-state index is 12.8. The Bertz CT molecular complexity index is 776. The van der Waals surface area contributed by atoms with Crippen molar-refractivity contribution in [3.8, 4) is 0 Å². The molecule has 0 unspecified atom stereocenters. The molecular formula is C19H24N4O3. The highest BCUT2D eigenvalue weighted by Gasteiger charge is 2.24. The van der Waals surface area contributed by atoms with Crippen LogP contribution in [0.4, 0.5) is 27.5 Å². The van der Waals surface area contributed by atoms with Crippen molar-refractivity contribution in [2.45, 2.75) is 0 Å². The first-order valence-corrected chi connectivity index (χ1v) is 8.15. The molecule has 2 aromatic rings. The number of carbonyl (C=O) groups excluding carboxylic acids is 1. The van der Waals surface area contributed by atoms with E-state index in [2.05, 4.69) is 5.32 Å². The number of para-hydroxylation sites is 2. The van der Waals surface area contributed by atoms with Gasteiger partial charge in [-0.1, -0.05) is 24.3 Å². The molecule has 7 nitrogen and oxygen atoms in total. The predicted octanol–water partition coefficient (Wildman–Crippen LogP) is 2.75. The second-order valence-corrected chi connectivity index (χ2v) is 6.16. The van der Waals surface area contributed by atoms with E-state index in [0.717, 1.165) is 11.4 Å². The maximum absolute atomic E-state index is 12.8. The second-order valence-electron chi connectivity index (χ2n) is 6.16. The monoisotopic (exact) mass is 356 g/mol. The Balaban J connectivity index is 2.61. The minimum absolute atomic E-state index is 0.452. The molecule has 138 valence electrons. The summed E-state index contributed by atoms with van der Waals surface area (Å²) < 4.78 is 0. The maximum Gasteiger partial charge on any atom is 0.327 e. The number of carboxylic acid groups (broad SMARTS) is 1. The second kappa shape index (κ2) is 8.24. The normalized spacial score (nSPS) is 10.2. The van der Waals surface area contributed by atoms with Gasteiger partial charge in [-0.2, -0.15) is 0 Å². The van der Waals surface area contributed by atoms with E-state index >= 15 is 0 Å². The number of carboxylic acids is 1. The van der Waals surface area contributed by atoms with Crippen LogP contribution in [0.3, 0.4) is 0 Å². The molecule has 0 spiro atoms. The molecule has 0 saturated heterocycles. The SMILES string of the molecule is CN(C)c1cccc(N(C(=O)NCC(=O)O)c2ccccc2)c1N(C)C. The lowest BCUT2D eigenvalue weighted by molar-refractivity contribution is -0.135. The molecule has 0 fully saturated rings. The van der Waals surface area contributed by atoms with Crippen LogP contribution in [-0.4, -0.2) is 51.8 Å². The minimum Gasteiger partial charge on any atom is -0.480 e. The van der Waals surface area contributed by atoms with Crippen LogP contribution in [0, 0.1) is 0 Å². The number of urea groups is 1. The summed E-state index contributed by atoms with van der Waals surface area (Å²) in [7, 11) is 7.68. The van der Waals surface area contributed by atoms with Crippen LogP contribution in [0.15, 0.2) is 48.5 Å². The molecule has 0 aromatic heterocycles. The lowest BCUT2D eigenvalue weighted by Gasteiger charge is -2.31. The van der Waals surface area contributed by atoms with Crippen molar-refractivity contribution < 1.29 is 14.7 Å². The Morgan fingerprint density at radius 1 is 0.885 bits per heavy atom. The van der Waals surface area contributed by atoms with Gasteiger partial charge in [0, 0.05) is 28.2 Å². The van der Waals surface area contributed by atoms with Gasteiger partial charge in [0.05, 0.1) is 22.7 Å². The van der Waals surface area contributed by atoms with Crippen LogP contribution < -0.4 is 20.0 Å². The molecule has 0 bridgehead atoms. The number of benzene rings is 2. The number of anilines is 4. The smallest absolute Gasteiger partial charge is 0.327 e. The largest absolute Gasteiger partial charge is 0.480 e. The zero-order chi connectivity index (χ0) is 19.3. The molecule has 0 aliphatic carbocycles. The summed E-state index contributed by atoms with van der Waals surface area (Å²) in [5, 5.41) is 11.3. The number of hydrogen-bond donors (Lipinski definition) is 2. The van der Waals surface area contributed by atoms with Crippen LogP contribution in [0.5, 0.6) is 0 Å². The van der Waals surface area contributed by atoms with Crippen molar-refractivity contribution >= 4 is 34.7 Å². The highest BCUT2D eigenvalue weighted by atomic mass is 16.4. The average Bonchev–Trinajstić information content (AvgIpc) is 2.60. The molecule has 0 heterocycles. The highest BCUT2D eigenvalue weighted by molar-refractivity contribution is 6.05. The lowest BCUT2D eigenvalue weighted by atomic mass is 10.1. The van der Waals surface area contributed by atoms with E-state index in [4.69, 9.17) is 5.11 Å². The Kier molecular flexibility index (Phi) is 6.06. The molecular weight excluding hydrogens is 332 g/mol. The van der Waals surface area contributed by atoms with E-state index in [1.807, 2.05) is 86.5 Å². The summed E-state index contributed by atoms with van der Waals surface area (Å²) in [4.78, 5) is 29.1. The Hall–Kier alpha value is -3.22. The number of rotatable bonds is 6. The third-order valence-corrected chi connectivity index (χ3v) is 3.77. The van der Waals surface area contributed by atoms with E-state index in [-0.39, 0.29) is 0 Å². The van der Waals surface area contributed by atoms with Crippen molar-refractivity contribution in [1.29, 1.82) is 0 Å². The number of amides is 2. The van der Waals surface area contributed by atoms with Crippen molar-refractivity contribution in [2.24, 2.45) is 0 Å². The van der Waals surface area contributed by atoms with Crippen LogP contribution in [0.25, 0.3) is 0 Å². The zero-order valence-corrected chi connectivity index (χ0v) is 15.4. The number of nitrogens with one attached hydrogen (secondary N) is 1. The zero-order valence-electron chi connectivity index (χ0n) is 15.4. The van der Waals surface area contributed by atoms with Gasteiger partial charge >= 0.3 is 12.0 Å². The molecule has 0 radical (unpaired) electrons. The first-order chi connectivity index (χ1) is 12.3. The number of nitrogens with zero attached hydrogens (tertiary/aromatic N) is 3. The van der Waals surface area contributed by atoms with Gasteiger partial charge in [0.15, 0.2) is 0 Å². The molecule has 26 heavy (non-hydrogen) atoms. The summed E-state index contributed by atoms with van der Waals surface area (Å²) >= 11 is 0. The molecule has 0 saturated carbocycles. The quantitative estimate of drug-likeness (QED) is 0.832. The fourth-order valence-corrected chi connectivity index (χ4v) is 2.69. The van der Waals surface area contributed by atoms with E-state index in [1.165, 1.54) is 4.90 Å². The third-order valence-electron chi connectivity index (χ3n) is 3.77. The Labute approximate surface area is 153 Å². The molecule has 0 aliphatic heterocycles. The standard InChI is InChI=1S/C19H24N4O3/c1-21(2)15-11-8-12-16(18(15)22(3)4)23(14-9-6-5-7-10-14)19(26)20-13-17(24)25/h5-12H,13H2,1-4H3,(H,20,26)(H,24,25). The van der Waals surface area contributed by atoms with Gasteiger partial charge in [0.25, 0.3) is 0 Å². The third kappa shape index (κ3) is 4.24. The molecule has 2 amide bonds. The first-order valence-electron chi connectivity index (χ1n) is 8.15.